The highest BCUT2D eigenvalue weighted by molar-refractivity contribution is 6.35. The zero-order valence-corrected chi connectivity index (χ0v) is 18.8. The summed E-state index contributed by atoms with van der Waals surface area (Å²) in [6, 6.07) is 16.7. The molecule has 0 bridgehead atoms. The van der Waals surface area contributed by atoms with Crippen LogP contribution in [0.15, 0.2) is 60.7 Å². The highest BCUT2D eigenvalue weighted by Crippen LogP contribution is 2.31. The number of nitrogens with zero attached hydrogens (tertiary/aromatic N) is 1. The molecule has 1 heterocycles. The molecule has 6 heteroatoms. The number of hydrogen-bond donors (Lipinski definition) is 0. The highest BCUT2D eigenvalue weighted by atomic mass is 16.5. The van der Waals surface area contributed by atoms with Crippen LogP contribution in [0.2, 0.25) is 0 Å². The minimum absolute atomic E-state index is 0.0981. The van der Waals surface area contributed by atoms with Gasteiger partial charge < -0.3 is 4.74 Å². The standard InChI is InChI=1S/C27H23NO5/c1-15-5-8-19(9-6-15)24(29)18(4)33-27(32)20-10-11-21-22(14-20)26(31)28(25(21)30)23-12-7-16(2)13-17(23)3/h5-14,18H,1-4H3/t18-/m0/s1. The van der Waals surface area contributed by atoms with Crippen LogP contribution in [-0.4, -0.2) is 29.7 Å². The van der Waals surface area contributed by atoms with E-state index >= 15 is 0 Å². The lowest BCUT2D eigenvalue weighted by molar-refractivity contribution is 0.0318. The summed E-state index contributed by atoms with van der Waals surface area (Å²) in [5.41, 5.74) is 4.24. The minimum atomic E-state index is -1.00. The van der Waals surface area contributed by atoms with Gasteiger partial charge in [-0.1, -0.05) is 47.5 Å². The van der Waals surface area contributed by atoms with Gasteiger partial charge in [-0.25, -0.2) is 9.69 Å². The molecule has 1 atom stereocenters. The normalized spacial score (nSPS) is 13.6. The van der Waals surface area contributed by atoms with E-state index < -0.39 is 23.9 Å². The van der Waals surface area contributed by atoms with Gasteiger partial charge in [-0.15, -0.1) is 0 Å². The van der Waals surface area contributed by atoms with Gasteiger partial charge >= 0.3 is 5.97 Å². The van der Waals surface area contributed by atoms with E-state index in [1.807, 2.05) is 45.0 Å². The number of Topliss-reactive ketones (excluding diaryl/α,β-unsaturated/α-hetero) is 1. The first-order valence-electron chi connectivity index (χ1n) is 10.6. The zero-order valence-electron chi connectivity index (χ0n) is 18.8. The lowest BCUT2D eigenvalue weighted by atomic mass is 10.0. The topological polar surface area (TPSA) is 80.8 Å². The summed E-state index contributed by atoms with van der Waals surface area (Å²) in [7, 11) is 0. The van der Waals surface area contributed by atoms with E-state index in [2.05, 4.69) is 0 Å². The lowest BCUT2D eigenvalue weighted by Crippen LogP contribution is -2.30. The van der Waals surface area contributed by atoms with E-state index in [-0.39, 0.29) is 22.5 Å². The summed E-state index contributed by atoms with van der Waals surface area (Å²) in [6.45, 7) is 7.19. The number of ketones is 1. The van der Waals surface area contributed by atoms with E-state index in [0.29, 0.717) is 11.3 Å². The van der Waals surface area contributed by atoms with E-state index in [4.69, 9.17) is 4.74 Å². The number of ether oxygens (including phenoxy) is 1. The molecule has 2 amide bonds. The molecule has 1 aliphatic heterocycles. The maximum atomic E-state index is 13.1. The number of hydrogen-bond acceptors (Lipinski definition) is 5. The van der Waals surface area contributed by atoms with Crippen molar-refractivity contribution in [2.24, 2.45) is 0 Å². The number of rotatable bonds is 5. The number of aryl methyl sites for hydroxylation is 3. The summed E-state index contributed by atoms with van der Waals surface area (Å²) in [6.07, 6.45) is -1.00. The van der Waals surface area contributed by atoms with Gasteiger partial charge in [-0.2, -0.15) is 0 Å². The maximum Gasteiger partial charge on any atom is 0.338 e. The summed E-state index contributed by atoms with van der Waals surface area (Å²) in [5, 5.41) is 0. The van der Waals surface area contributed by atoms with Crippen molar-refractivity contribution in [2.45, 2.75) is 33.8 Å². The average molecular weight is 441 g/mol. The molecule has 0 saturated heterocycles. The third-order valence-corrected chi connectivity index (χ3v) is 5.70. The Balaban J connectivity index is 1.55. The Morgan fingerprint density at radius 2 is 1.36 bits per heavy atom. The van der Waals surface area contributed by atoms with E-state index in [1.165, 1.54) is 25.1 Å². The predicted molar refractivity (Wildman–Crippen MR) is 124 cm³/mol. The number of imide groups is 1. The smallest absolute Gasteiger partial charge is 0.338 e. The summed E-state index contributed by atoms with van der Waals surface area (Å²) in [5.74, 6) is -2.00. The Morgan fingerprint density at radius 1 is 0.758 bits per heavy atom. The van der Waals surface area contributed by atoms with Crippen molar-refractivity contribution in [3.8, 4) is 0 Å². The fourth-order valence-electron chi connectivity index (χ4n) is 3.88. The molecule has 4 rings (SSSR count). The molecule has 1 aliphatic rings. The van der Waals surface area contributed by atoms with E-state index in [0.717, 1.165) is 21.6 Å². The van der Waals surface area contributed by atoms with Gasteiger partial charge in [0.05, 0.1) is 22.4 Å². The monoisotopic (exact) mass is 441 g/mol. The maximum absolute atomic E-state index is 13.1. The number of benzene rings is 3. The highest BCUT2D eigenvalue weighted by Gasteiger charge is 2.38. The first-order valence-corrected chi connectivity index (χ1v) is 10.6. The van der Waals surface area contributed by atoms with Gasteiger partial charge in [-0.3, -0.25) is 14.4 Å². The molecular weight excluding hydrogens is 418 g/mol. The summed E-state index contributed by atoms with van der Waals surface area (Å²) in [4.78, 5) is 52.4. The quantitative estimate of drug-likeness (QED) is 0.322. The molecule has 0 aromatic heterocycles. The Kier molecular flexibility index (Phi) is 5.68. The van der Waals surface area contributed by atoms with Crippen molar-refractivity contribution >= 4 is 29.3 Å². The molecule has 0 aliphatic carbocycles. The third kappa shape index (κ3) is 4.07. The largest absolute Gasteiger partial charge is 0.451 e. The van der Waals surface area contributed by atoms with Crippen LogP contribution in [0.4, 0.5) is 5.69 Å². The van der Waals surface area contributed by atoms with Gasteiger partial charge in [0.2, 0.25) is 5.78 Å². The number of amides is 2. The Morgan fingerprint density at radius 3 is 2.03 bits per heavy atom. The van der Waals surface area contributed by atoms with Crippen molar-refractivity contribution in [1.82, 2.24) is 0 Å². The molecule has 0 N–H and O–H groups in total. The number of carbonyl (C=O) groups excluding carboxylic acids is 4. The molecule has 0 unspecified atom stereocenters. The second-order valence-electron chi connectivity index (χ2n) is 8.27. The van der Waals surface area contributed by atoms with Crippen molar-refractivity contribution in [1.29, 1.82) is 0 Å². The average Bonchev–Trinajstić information content (AvgIpc) is 3.03. The molecule has 3 aromatic carbocycles. The van der Waals surface area contributed by atoms with E-state index in [9.17, 15) is 19.2 Å². The van der Waals surface area contributed by atoms with Crippen LogP contribution >= 0.6 is 0 Å². The molecule has 0 radical (unpaired) electrons. The second kappa shape index (κ2) is 8.47. The Bertz CT molecular complexity index is 1310. The molecule has 0 fully saturated rings. The second-order valence-corrected chi connectivity index (χ2v) is 8.27. The van der Waals surface area contributed by atoms with Gasteiger partial charge in [0.25, 0.3) is 11.8 Å². The Labute approximate surface area is 191 Å². The van der Waals surface area contributed by atoms with Crippen molar-refractivity contribution < 1.29 is 23.9 Å². The van der Waals surface area contributed by atoms with Gasteiger partial charge in [-0.05, 0) is 57.5 Å². The van der Waals surface area contributed by atoms with Crippen LogP contribution in [0, 0.1) is 20.8 Å². The number of esters is 1. The first-order chi connectivity index (χ1) is 15.7. The number of carbonyl (C=O) groups is 4. The minimum Gasteiger partial charge on any atom is -0.451 e. The summed E-state index contributed by atoms with van der Waals surface area (Å²) >= 11 is 0. The van der Waals surface area contributed by atoms with Crippen molar-refractivity contribution in [3.05, 3.63) is 99.6 Å². The molecule has 3 aromatic rings. The third-order valence-electron chi connectivity index (χ3n) is 5.70. The zero-order chi connectivity index (χ0) is 23.9. The number of anilines is 1. The van der Waals surface area contributed by atoms with Crippen LogP contribution in [0.3, 0.4) is 0 Å². The molecule has 33 heavy (non-hydrogen) atoms. The lowest BCUT2D eigenvalue weighted by Gasteiger charge is -2.16. The van der Waals surface area contributed by atoms with Gasteiger partial charge in [0, 0.05) is 5.56 Å². The van der Waals surface area contributed by atoms with Crippen LogP contribution < -0.4 is 4.90 Å². The Hall–Kier alpha value is -4.06. The van der Waals surface area contributed by atoms with Crippen molar-refractivity contribution in [2.75, 3.05) is 4.90 Å². The first kappa shape index (κ1) is 22.1. The fourth-order valence-corrected chi connectivity index (χ4v) is 3.88. The molecule has 6 nitrogen and oxygen atoms in total. The van der Waals surface area contributed by atoms with Crippen LogP contribution in [-0.2, 0) is 4.74 Å². The molecule has 0 spiro atoms. The molecular formula is C27H23NO5. The molecule has 0 saturated carbocycles. The predicted octanol–water partition coefficient (Wildman–Crippen LogP) is 4.84. The number of fused-ring (bicyclic) bond motifs is 1. The van der Waals surface area contributed by atoms with Crippen LogP contribution in [0.1, 0.15) is 65.0 Å². The van der Waals surface area contributed by atoms with Crippen molar-refractivity contribution in [3.63, 3.8) is 0 Å². The fraction of sp³-hybridized carbons (Fsp3) is 0.185. The molecule has 166 valence electrons. The summed E-state index contributed by atoms with van der Waals surface area (Å²) < 4.78 is 5.35. The SMILES string of the molecule is Cc1ccc(C(=O)[C@H](C)OC(=O)c2ccc3c(c2)C(=O)N(c2ccc(C)cc2C)C3=O)cc1. The van der Waals surface area contributed by atoms with Gasteiger partial charge in [0.15, 0.2) is 6.10 Å². The van der Waals surface area contributed by atoms with E-state index in [1.54, 1.807) is 18.2 Å². The van der Waals surface area contributed by atoms with Crippen LogP contribution in [0.5, 0.6) is 0 Å². The van der Waals surface area contributed by atoms with Crippen LogP contribution in [0.25, 0.3) is 0 Å². The van der Waals surface area contributed by atoms with Gasteiger partial charge in [0.1, 0.15) is 0 Å².